The highest BCUT2D eigenvalue weighted by molar-refractivity contribution is 5.90. The van der Waals surface area contributed by atoms with Gasteiger partial charge in [0.05, 0.1) is 11.9 Å². The maximum Gasteiger partial charge on any atom is 0.431 e. The molecule has 2 heterocycles. The van der Waals surface area contributed by atoms with Gasteiger partial charge in [0.25, 0.3) is 0 Å². The molecule has 136 valence electrons. The Bertz CT molecular complexity index is 685. The van der Waals surface area contributed by atoms with Crippen molar-refractivity contribution in [3.05, 3.63) is 17.5 Å². The predicted molar refractivity (Wildman–Crippen MR) is 87.2 cm³/mol. The Hall–Kier alpha value is -3.11. The molecule has 0 aromatic carbocycles. The number of carbonyl (C=O) groups is 3. The van der Waals surface area contributed by atoms with Gasteiger partial charge >= 0.3 is 6.09 Å². The summed E-state index contributed by atoms with van der Waals surface area (Å²) >= 11 is 0. The van der Waals surface area contributed by atoms with E-state index in [1.165, 1.54) is 7.05 Å². The first-order chi connectivity index (χ1) is 12.0. The van der Waals surface area contributed by atoms with E-state index in [4.69, 9.17) is 10.6 Å². The van der Waals surface area contributed by atoms with Crippen LogP contribution in [0.15, 0.2) is 11.2 Å². The summed E-state index contributed by atoms with van der Waals surface area (Å²) in [5.41, 5.74) is 9.26. The number of hydroxylamine groups is 1. The average Bonchev–Trinajstić information content (AvgIpc) is 2.96. The summed E-state index contributed by atoms with van der Waals surface area (Å²) in [5.74, 6) is -0.252. The van der Waals surface area contributed by atoms with Crippen molar-refractivity contribution in [3.63, 3.8) is 0 Å². The standard InChI is InChI=1S/C14H21N7O4/c1-16-13(19-25-14(24)17-5-3-10(15)23)12-11-9(7-18-20(11)2)4-6-21(12)8-22/h7-8,12H,3-6H2,1-2H3,(H2,15,23)(H,16,19)(H,17,24)/t12-/m0/s1. The van der Waals surface area contributed by atoms with Gasteiger partial charge in [0.15, 0.2) is 5.84 Å². The monoisotopic (exact) mass is 351 g/mol. The first-order valence-corrected chi connectivity index (χ1v) is 7.65. The largest absolute Gasteiger partial charge is 0.431 e. The first kappa shape index (κ1) is 18.2. The van der Waals surface area contributed by atoms with E-state index in [0.29, 0.717) is 13.0 Å². The number of nitrogens with zero attached hydrogens (tertiary/aromatic N) is 4. The zero-order chi connectivity index (χ0) is 18.4. The lowest BCUT2D eigenvalue weighted by Crippen LogP contribution is -2.46. The third kappa shape index (κ3) is 4.25. The van der Waals surface area contributed by atoms with Crippen LogP contribution >= 0.6 is 0 Å². The van der Waals surface area contributed by atoms with Crippen LogP contribution in [0.1, 0.15) is 23.7 Å². The van der Waals surface area contributed by atoms with Gasteiger partial charge in [-0.25, -0.2) is 10.3 Å². The van der Waals surface area contributed by atoms with Crippen LogP contribution in [0, 0.1) is 0 Å². The maximum atomic E-state index is 11.6. The van der Waals surface area contributed by atoms with Crippen LogP contribution in [0.2, 0.25) is 0 Å². The number of amidine groups is 1. The van der Waals surface area contributed by atoms with Gasteiger partial charge < -0.3 is 20.8 Å². The lowest BCUT2D eigenvalue weighted by atomic mass is 9.99. The number of amides is 3. The molecule has 0 radical (unpaired) electrons. The minimum absolute atomic E-state index is 0.00372. The predicted octanol–water partition coefficient (Wildman–Crippen LogP) is -1.39. The summed E-state index contributed by atoms with van der Waals surface area (Å²) in [7, 11) is 3.29. The van der Waals surface area contributed by atoms with E-state index in [0.717, 1.165) is 17.7 Å². The fraction of sp³-hybridized carbons (Fsp3) is 0.500. The SMILES string of the molecule is CN=C(NOC(=O)NCCC(N)=O)[C@@H]1c2c(cnn2C)CCN1C=O. The second kappa shape index (κ2) is 8.13. The van der Waals surface area contributed by atoms with Crippen molar-refractivity contribution >= 4 is 24.2 Å². The molecule has 0 aliphatic carbocycles. The molecule has 11 nitrogen and oxygen atoms in total. The summed E-state index contributed by atoms with van der Waals surface area (Å²) in [5, 5.41) is 6.58. The van der Waals surface area contributed by atoms with Gasteiger partial charge in [-0.3, -0.25) is 19.3 Å². The molecular weight excluding hydrogens is 330 g/mol. The molecule has 11 heteroatoms. The Kier molecular flexibility index (Phi) is 5.93. The van der Waals surface area contributed by atoms with Crippen LogP contribution in [0.4, 0.5) is 4.79 Å². The number of rotatable bonds is 5. The number of fused-ring (bicyclic) bond motifs is 1. The number of nitrogens with two attached hydrogens (primary N) is 1. The molecule has 1 atom stereocenters. The Morgan fingerprint density at radius 2 is 2.32 bits per heavy atom. The van der Waals surface area contributed by atoms with Crippen molar-refractivity contribution in [2.45, 2.75) is 18.9 Å². The average molecular weight is 351 g/mol. The van der Waals surface area contributed by atoms with Crippen LogP contribution < -0.4 is 16.5 Å². The molecular formula is C14H21N7O4. The number of aryl methyl sites for hydroxylation is 1. The summed E-state index contributed by atoms with van der Waals surface area (Å²) in [6, 6.07) is -0.544. The van der Waals surface area contributed by atoms with E-state index < -0.39 is 18.0 Å². The van der Waals surface area contributed by atoms with Gasteiger partial charge in [0.1, 0.15) is 6.04 Å². The zero-order valence-corrected chi connectivity index (χ0v) is 14.1. The molecule has 0 spiro atoms. The summed E-state index contributed by atoms with van der Waals surface area (Å²) < 4.78 is 1.66. The molecule has 1 aromatic heterocycles. The molecule has 3 amide bonds. The van der Waals surface area contributed by atoms with Crippen molar-refractivity contribution in [2.24, 2.45) is 17.8 Å². The summed E-state index contributed by atoms with van der Waals surface area (Å²) in [6.07, 6.45) is 2.37. The Morgan fingerprint density at radius 3 is 2.96 bits per heavy atom. The molecule has 25 heavy (non-hydrogen) atoms. The Morgan fingerprint density at radius 1 is 1.56 bits per heavy atom. The molecule has 1 aliphatic heterocycles. The van der Waals surface area contributed by atoms with Crippen LogP contribution in [0.3, 0.4) is 0 Å². The third-order valence-electron chi connectivity index (χ3n) is 3.82. The molecule has 0 unspecified atom stereocenters. The van der Waals surface area contributed by atoms with Gasteiger partial charge in [-0.15, -0.1) is 0 Å². The zero-order valence-electron chi connectivity index (χ0n) is 14.1. The number of aromatic nitrogens is 2. The quantitative estimate of drug-likeness (QED) is 0.258. The minimum Gasteiger partial charge on any atom is -0.370 e. The highest BCUT2D eigenvalue weighted by Gasteiger charge is 2.34. The second-order valence-corrected chi connectivity index (χ2v) is 5.42. The van der Waals surface area contributed by atoms with Crippen LogP contribution in [0.5, 0.6) is 0 Å². The molecule has 2 rings (SSSR count). The number of hydrogen-bond acceptors (Lipinski definition) is 6. The maximum absolute atomic E-state index is 11.6. The number of aliphatic imine (C=N–C) groups is 1. The number of primary amides is 1. The number of hydrogen-bond donors (Lipinski definition) is 3. The van der Waals surface area contributed by atoms with Crippen LogP contribution in [0.25, 0.3) is 0 Å². The fourth-order valence-corrected chi connectivity index (χ4v) is 2.62. The second-order valence-electron chi connectivity index (χ2n) is 5.42. The lowest BCUT2D eigenvalue weighted by Gasteiger charge is -2.33. The van der Waals surface area contributed by atoms with Crippen molar-refractivity contribution in [1.82, 2.24) is 25.5 Å². The van der Waals surface area contributed by atoms with Gasteiger partial charge in [0, 0.05) is 33.6 Å². The van der Waals surface area contributed by atoms with E-state index in [2.05, 4.69) is 20.9 Å². The Balaban J connectivity index is 2.06. The smallest absolute Gasteiger partial charge is 0.370 e. The van der Waals surface area contributed by atoms with Crippen molar-refractivity contribution in [1.29, 1.82) is 0 Å². The topological polar surface area (TPSA) is 144 Å². The number of carbonyl (C=O) groups excluding carboxylic acids is 3. The summed E-state index contributed by atoms with van der Waals surface area (Å²) in [4.78, 5) is 44.2. The Labute approximate surface area is 144 Å². The van der Waals surface area contributed by atoms with Crippen LogP contribution in [-0.4, -0.2) is 59.1 Å². The molecule has 0 bridgehead atoms. The minimum atomic E-state index is -0.791. The normalized spacial score (nSPS) is 16.8. The van der Waals surface area contributed by atoms with E-state index in [1.807, 2.05) is 0 Å². The molecule has 0 saturated carbocycles. The molecule has 4 N–H and O–H groups in total. The van der Waals surface area contributed by atoms with Gasteiger partial charge in [-0.1, -0.05) is 0 Å². The fourth-order valence-electron chi connectivity index (χ4n) is 2.62. The highest BCUT2D eigenvalue weighted by atomic mass is 16.7. The number of nitrogens with one attached hydrogen (secondary N) is 2. The highest BCUT2D eigenvalue weighted by Crippen LogP contribution is 2.28. The molecule has 1 aliphatic rings. The van der Waals surface area contributed by atoms with Gasteiger partial charge in [-0.2, -0.15) is 5.10 Å². The third-order valence-corrected chi connectivity index (χ3v) is 3.82. The van der Waals surface area contributed by atoms with E-state index >= 15 is 0 Å². The summed E-state index contributed by atoms with van der Waals surface area (Å²) in [6.45, 7) is 0.558. The van der Waals surface area contributed by atoms with Gasteiger partial charge in [0.2, 0.25) is 12.3 Å². The van der Waals surface area contributed by atoms with E-state index in [-0.39, 0.29) is 18.8 Å². The lowest BCUT2D eigenvalue weighted by molar-refractivity contribution is -0.120. The van der Waals surface area contributed by atoms with Crippen LogP contribution in [-0.2, 0) is 27.9 Å². The van der Waals surface area contributed by atoms with Crippen molar-refractivity contribution in [2.75, 3.05) is 20.1 Å². The molecule has 1 aromatic rings. The molecule has 0 saturated heterocycles. The first-order valence-electron chi connectivity index (χ1n) is 7.65. The molecule has 0 fully saturated rings. The van der Waals surface area contributed by atoms with E-state index in [1.54, 1.807) is 22.8 Å². The van der Waals surface area contributed by atoms with E-state index in [9.17, 15) is 14.4 Å². The van der Waals surface area contributed by atoms with Crippen molar-refractivity contribution in [3.8, 4) is 0 Å². The van der Waals surface area contributed by atoms with Crippen molar-refractivity contribution < 1.29 is 19.2 Å². The van der Waals surface area contributed by atoms with Gasteiger partial charge in [-0.05, 0) is 12.0 Å².